The molecule has 0 saturated heterocycles. The molecule has 0 unspecified atom stereocenters. The van der Waals surface area contributed by atoms with Crippen molar-refractivity contribution in [2.24, 2.45) is 0 Å². The summed E-state index contributed by atoms with van der Waals surface area (Å²) in [6.07, 6.45) is 2.86. The van der Waals surface area contributed by atoms with Crippen molar-refractivity contribution >= 4 is 11.9 Å². The van der Waals surface area contributed by atoms with E-state index in [0.717, 1.165) is 0 Å². The van der Waals surface area contributed by atoms with E-state index in [1.54, 1.807) is 30.3 Å². The SMILES string of the molecule is COc1cccc(/C=C/C(=O)c2ccc(OC)c(OC)c2OC)c1O. The fourth-order valence-electron chi connectivity index (χ4n) is 2.39. The van der Waals surface area contributed by atoms with Crippen LogP contribution in [0.5, 0.6) is 28.7 Å². The molecule has 0 atom stereocenters. The Bertz CT molecular complexity index is 795. The molecule has 25 heavy (non-hydrogen) atoms. The highest BCUT2D eigenvalue weighted by Gasteiger charge is 2.19. The molecular weight excluding hydrogens is 324 g/mol. The molecule has 0 amide bonds. The molecule has 0 heterocycles. The summed E-state index contributed by atoms with van der Waals surface area (Å²) in [7, 11) is 5.89. The van der Waals surface area contributed by atoms with Crippen LogP contribution in [0.25, 0.3) is 6.08 Å². The number of ketones is 1. The van der Waals surface area contributed by atoms with Gasteiger partial charge in [-0.1, -0.05) is 12.1 Å². The van der Waals surface area contributed by atoms with Gasteiger partial charge < -0.3 is 24.1 Å². The van der Waals surface area contributed by atoms with Crippen LogP contribution in [0.15, 0.2) is 36.4 Å². The summed E-state index contributed by atoms with van der Waals surface area (Å²) in [4.78, 5) is 12.6. The quantitative estimate of drug-likeness (QED) is 0.613. The first-order valence-electron chi connectivity index (χ1n) is 7.44. The number of phenols is 1. The van der Waals surface area contributed by atoms with Crippen molar-refractivity contribution in [2.45, 2.75) is 0 Å². The van der Waals surface area contributed by atoms with E-state index in [1.165, 1.54) is 40.6 Å². The number of carbonyl (C=O) groups excluding carboxylic acids is 1. The molecule has 0 saturated carbocycles. The van der Waals surface area contributed by atoms with Crippen LogP contribution in [-0.4, -0.2) is 39.3 Å². The van der Waals surface area contributed by atoms with E-state index in [9.17, 15) is 9.90 Å². The van der Waals surface area contributed by atoms with Crippen molar-refractivity contribution < 1.29 is 28.8 Å². The van der Waals surface area contributed by atoms with Crippen molar-refractivity contribution in [3.8, 4) is 28.7 Å². The first-order valence-corrected chi connectivity index (χ1v) is 7.44. The van der Waals surface area contributed by atoms with Gasteiger partial charge in [0, 0.05) is 5.56 Å². The number of hydrogen-bond acceptors (Lipinski definition) is 6. The second-order valence-corrected chi connectivity index (χ2v) is 4.98. The molecule has 6 nitrogen and oxygen atoms in total. The Morgan fingerprint density at radius 2 is 1.56 bits per heavy atom. The zero-order chi connectivity index (χ0) is 18.4. The summed E-state index contributed by atoms with van der Waals surface area (Å²) in [5, 5.41) is 10.1. The van der Waals surface area contributed by atoms with E-state index in [1.807, 2.05) is 0 Å². The Morgan fingerprint density at radius 3 is 2.16 bits per heavy atom. The molecule has 0 spiro atoms. The van der Waals surface area contributed by atoms with Crippen LogP contribution in [-0.2, 0) is 0 Å². The minimum atomic E-state index is -0.306. The van der Waals surface area contributed by atoms with Gasteiger partial charge in [0.2, 0.25) is 5.75 Å². The highest BCUT2D eigenvalue weighted by Crippen LogP contribution is 2.40. The Labute approximate surface area is 146 Å². The van der Waals surface area contributed by atoms with E-state index >= 15 is 0 Å². The Morgan fingerprint density at radius 1 is 0.880 bits per heavy atom. The fraction of sp³-hybridized carbons (Fsp3) is 0.211. The number of aromatic hydroxyl groups is 1. The second kappa shape index (κ2) is 8.10. The Hall–Kier alpha value is -3.15. The highest BCUT2D eigenvalue weighted by molar-refractivity contribution is 6.09. The van der Waals surface area contributed by atoms with Gasteiger partial charge in [-0.2, -0.15) is 0 Å². The molecule has 0 aromatic heterocycles. The predicted octanol–water partition coefficient (Wildman–Crippen LogP) is 3.32. The van der Waals surface area contributed by atoms with E-state index < -0.39 is 0 Å². The summed E-state index contributed by atoms with van der Waals surface area (Å²) < 4.78 is 20.8. The third-order valence-corrected chi connectivity index (χ3v) is 3.63. The smallest absolute Gasteiger partial charge is 0.204 e. The lowest BCUT2D eigenvalue weighted by atomic mass is 10.1. The summed E-state index contributed by atoms with van der Waals surface area (Å²) >= 11 is 0. The van der Waals surface area contributed by atoms with Gasteiger partial charge in [-0.15, -0.1) is 0 Å². The summed E-state index contributed by atoms with van der Waals surface area (Å²) in [6.45, 7) is 0. The second-order valence-electron chi connectivity index (χ2n) is 4.98. The van der Waals surface area contributed by atoms with E-state index in [0.29, 0.717) is 28.4 Å². The number of methoxy groups -OCH3 is 4. The first kappa shape index (κ1) is 18.2. The maximum atomic E-state index is 12.6. The lowest BCUT2D eigenvalue weighted by molar-refractivity contribution is 0.104. The van der Waals surface area contributed by atoms with Crippen LogP contribution in [0.3, 0.4) is 0 Å². The zero-order valence-corrected chi connectivity index (χ0v) is 14.5. The topological polar surface area (TPSA) is 74.2 Å². The summed E-state index contributed by atoms with van der Waals surface area (Å²) in [5.41, 5.74) is 0.783. The van der Waals surface area contributed by atoms with Crippen LogP contribution in [0.1, 0.15) is 15.9 Å². The minimum absolute atomic E-state index is 0.0340. The van der Waals surface area contributed by atoms with Gasteiger partial charge in [0.15, 0.2) is 28.8 Å². The van der Waals surface area contributed by atoms with Gasteiger partial charge in [0.1, 0.15) is 0 Å². The Kier molecular flexibility index (Phi) is 5.89. The molecule has 132 valence electrons. The zero-order valence-electron chi connectivity index (χ0n) is 14.5. The average molecular weight is 344 g/mol. The number of carbonyl (C=O) groups is 1. The van der Waals surface area contributed by atoms with Crippen molar-refractivity contribution in [2.75, 3.05) is 28.4 Å². The lowest BCUT2D eigenvalue weighted by Gasteiger charge is -2.14. The number of ether oxygens (including phenoxy) is 4. The van der Waals surface area contributed by atoms with Gasteiger partial charge >= 0.3 is 0 Å². The maximum absolute atomic E-state index is 12.6. The van der Waals surface area contributed by atoms with Gasteiger partial charge in [0.05, 0.1) is 34.0 Å². The number of phenolic OH excluding ortho intramolecular Hbond substituents is 1. The molecule has 0 aliphatic carbocycles. The molecule has 6 heteroatoms. The molecule has 0 aliphatic heterocycles. The van der Waals surface area contributed by atoms with Gasteiger partial charge in [-0.25, -0.2) is 0 Å². The molecule has 0 bridgehead atoms. The predicted molar refractivity (Wildman–Crippen MR) is 94.1 cm³/mol. The van der Waals surface area contributed by atoms with Crippen LogP contribution in [0.4, 0.5) is 0 Å². The van der Waals surface area contributed by atoms with Crippen molar-refractivity contribution in [1.82, 2.24) is 0 Å². The maximum Gasteiger partial charge on any atom is 0.204 e. The summed E-state index contributed by atoms with van der Waals surface area (Å²) in [6, 6.07) is 8.25. The Balaban J connectivity index is 2.39. The fourth-order valence-corrected chi connectivity index (χ4v) is 2.39. The van der Waals surface area contributed by atoms with Crippen LogP contribution >= 0.6 is 0 Å². The number of rotatable bonds is 7. The number of benzene rings is 2. The van der Waals surface area contributed by atoms with Crippen molar-refractivity contribution in [3.05, 3.63) is 47.5 Å². The molecule has 0 fully saturated rings. The molecular formula is C19H20O6. The summed E-state index contributed by atoms with van der Waals surface area (Å²) in [5.74, 6) is 1.08. The molecule has 2 rings (SSSR count). The van der Waals surface area contributed by atoms with Crippen LogP contribution in [0, 0.1) is 0 Å². The van der Waals surface area contributed by atoms with E-state index in [4.69, 9.17) is 18.9 Å². The highest BCUT2D eigenvalue weighted by atomic mass is 16.5. The standard InChI is InChI=1S/C19H20O6/c1-22-15-7-5-6-12(17(15)21)8-10-14(20)13-9-11-16(23-2)19(25-4)18(13)24-3/h5-11,21H,1-4H3/b10-8+. The van der Waals surface area contributed by atoms with Crippen LogP contribution < -0.4 is 18.9 Å². The van der Waals surface area contributed by atoms with E-state index in [2.05, 4.69) is 0 Å². The van der Waals surface area contributed by atoms with Gasteiger partial charge in [-0.05, 0) is 30.4 Å². The van der Waals surface area contributed by atoms with Crippen LogP contribution in [0.2, 0.25) is 0 Å². The third kappa shape index (κ3) is 3.68. The van der Waals surface area contributed by atoms with Gasteiger partial charge in [0.25, 0.3) is 0 Å². The monoisotopic (exact) mass is 344 g/mol. The molecule has 1 N–H and O–H groups in total. The van der Waals surface area contributed by atoms with E-state index in [-0.39, 0.29) is 17.3 Å². The number of hydrogen-bond donors (Lipinski definition) is 1. The first-order chi connectivity index (χ1) is 12.1. The van der Waals surface area contributed by atoms with Crippen molar-refractivity contribution in [3.63, 3.8) is 0 Å². The largest absolute Gasteiger partial charge is 0.504 e. The lowest BCUT2D eigenvalue weighted by Crippen LogP contribution is -2.02. The third-order valence-electron chi connectivity index (χ3n) is 3.63. The molecule has 2 aromatic carbocycles. The molecule has 2 aromatic rings. The van der Waals surface area contributed by atoms with Crippen molar-refractivity contribution in [1.29, 1.82) is 0 Å². The molecule has 0 radical (unpaired) electrons. The average Bonchev–Trinajstić information content (AvgIpc) is 2.65. The minimum Gasteiger partial charge on any atom is -0.504 e. The normalized spacial score (nSPS) is 10.6. The molecule has 0 aliphatic rings. The van der Waals surface area contributed by atoms with Gasteiger partial charge in [-0.3, -0.25) is 4.79 Å². The number of allylic oxidation sites excluding steroid dienone is 1. The number of para-hydroxylation sites is 1.